The molecule has 0 aromatic carbocycles. The van der Waals surface area contributed by atoms with Crippen LogP contribution < -0.4 is 0 Å². The SMILES string of the molecule is CC1(C)/C=C\C(CC(Cl)(Cl)Cl)CCC(=O)CC1. The minimum atomic E-state index is -1.24. The highest BCUT2D eigenvalue weighted by atomic mass is 35.6. The van der Waals surface area contributed by atoms with Gasteiger partial charge >= 0.3 is 0 Å². The van der Waals surface area contributed by atoms with Gasteiger partial charge in [0, 0.05) is 19.3 Å². The fourth-order valence-corrected chi connectivity index (χ4v) is 2.57. The number of Topliss-reactive ketones (excluding diaryl/α,β-unsaturated/α-hetero) is 1. The number of halogens is 3. The molecule has 0 saturated carbocycles. The maximum absolute atomic E-state index is 11.7. The Balaban J connectivity index is 2.75. The average Bonchev–Trinajstić information content (AvgIpc) is 2.21. The predicted molar refractivity (Wildman–Crippen MR) is 74.8 cm³/mol. The van der Waals surface area contributed by atoms with E-state index in [2.05, 4.69) is 26.0 Å². The van der Waals surface area contributed by atoms with Gasteiger partial charge in [-0.15, -0.1) is 0 Å². The second kappa shape index (κ2) is 5.95. The van der Waals surface area contributed by atoms with Crippen LogP contribution in [0.1, 0.15) is 46.0 Å². The van der Waals surface area contributed by atoms with Gasteiger partial charge in [-0.25, -0.2) is 0 Å². The smallest absolute Gasteiger partial charge is 0.191 e. The van der Waals surface area contributed by atoms with E-state index in [1.807, 2.05) is 0 Å². The van der Waals surface area contributed by atoms with Crippen molar-refractivity contribution in [1.29, 1.82) is 0 Å². The first-order valence-electron chi connectivity index (χ1n) is 5.96. The first kappa shape index (κ1) is 15.3. The Morgan fingerprint density at radius 1 is 1.35 bits per heavy atom. The normalized spacial score (nSPS) is 28.1. The van der Waals surface area contributed by atoms with Crippen LogP contribution in [-0.2, 0) is 4.79 Å². The van der Waals surface area contributed by atoms with Crippen molar-refractivity contribution >= 4 is 40.6 Å². The van der Waals surface area contributed by atoms with E-state index in [1.54, 1.807) is 0 Å². The zero-order valence-electron chi connectivity index (χ0n) is 10.3. The number of rotatable bonds is 1. The Morgan fingerprint density at radius 2 is 2.00 bits per heavy atom. The molecule has 0 bridgehead atoms. The number of alkyl halides is 3. The number of allylic oxidation sites excluding steroid dienone is 2. The van der Waals surface area contributed by atoms with Gasteiger partial charge in [0.1, 0.15) is 5.78 Å². The lowest BCUT2D eigenvalue weighted by atomic mass is 9.86. The summed E-state index contributed by atoms with van der Waals surface area (Å²) in [4.78, 5) is 11.7. The Hall–Kier alpha value is 0.280. The molecule has 1 unspecified atom stereocenters. The number of carbonyl (C=O) groups excluding carboxylic acids is 1. The molecule has 1 aliphatic rings. The standard InChI is InChI=1S/C13H19Cl3O/c1-12(2)7-5-10(9-13(14,15)16)3-4-11(17)6-8-12/h5,7,10H,3-4,6,8-9H2,1-2H3/b7-5-. The third-order valence-electron chi connectivity index (χ3n) is 3.16. The molecule has 98 valence electrons. The second-order valence-corrected chi connectivity index (χ2v) is 8.02. The summed E-state index contributed by atoms with van der Waals surface area (Å²) in [7, 11) is 0. The van der Waals surface area contributed by atoms with Gasteiger partial charge in [0.2, 0.25) is 0 Å². The van der Waals surface area contributed by atoms with Crippen molar-refractivity contribution in [2.45, 2.75) is 49.7 Å². The molecule has 0 radical (unpaired) electrons. The van der Waals surface area contributed by atoms with Crippen LogP contribution in [0.4, 0.5) is 0 Å². The van der Waals surface area contributed by atoms with Gasteiger partial charge in [0.05, 0.1) is 0 Å². The summed E-state index contributed by atoms with van der Waals surface area (Å²) in [6.45, 7) is 4.27. The first-order chi connectivity index (χ1) is 7.68. The summed E-state index contributed by atoms with van der Waals surface area (Å²) in [5.74, 6) is 0.486. The lowest BCUT2D eigenvalue weighted by molar-refractivity contribution is -0.119. The van der Waals surface area contributed by atoms with Crippen LogP contribution in [0.2, 0.25) is 0 Å². The van der Waals surface area contributed by atoms with Crippen molar-refractivity contribution < 1.29 is 4.79 Å². The van der Waals surface area contributed by atoms with Crippen molar-refractivity contribution in [3.8, 4) is 0 Å². The maximum atomic E-state index is 11.7. The van der Waals surface area contributed by atoms with Crippen LogP contribution >= 0.6 is 34.8 Å². The molecule has 1 aliphatic carbocycles. The van der Waals surface area contributed by atoms with Crippen LogP contribution in [0, 0.1) is 11.3 Å². The lowest BCUT2D eigenvalue weighted by Gasteiger charge is -2.20. The molecule has 0 N–H and O–H groups in total. The summed E-state index contributed by atoms with van der Waals surface area (Å²) in [6.07, 6.45) is 7.65. The van der Waals surface area contributed by atoms with Crippen LogP contribution in [0.15, 0.2) is 12.2 Å². The van der Waals surface area contributed by atoms with Crippen LogP contribution in [0.25, 0.3) is 0 Å². The summed E-state index contributed by atoms with van der Waals surface area (Å²) in [6, 6.07) is 0. The molecule has 0 heterocycles. The van der Waals surface area contributed by atoms with Crippen molar-refractivity contribution in [2.75, 3.05) is 0 Å². The molecule has 0 saturated heterocycles. The molecule has 4 heteroatoms. The fraction of sp³-hybridized carbons (Fsp3) is 0.769. The Labute approximate surface area is 118 Å². The van der Waals surface area contributed by atoms with Gasteiger partial charge in [-0.2, -0.15) is 0 Å². The molecule has 0 amide bonds. The molecule has 0 aliphatic heterocycles. The zero-order chi connectivity index (χ0) is 13.1. The van der Waals surface area contributed by atoms with E-state index in [1.165, 1.54) is 0 Å². The molecule has 17 heavy (non-hydrogen) atoms. The molecule has 0 spiro atoms. The molecular formula is C13H19Cl3O. The van der Waals surface area contributed by atoms with E-state index >= 15 is 0 Å². The van der Waals surface area contributed by atoms with Crippen molar-refractivity contribution in [3.05, 3.63) is 12.2 Å². The summed E-state index contributed by atoms with van der Waals surface area (Å²) >= 11 is 17.5. The lowest BCUT2D eigenvalue weighted by Crippen LogP contribution is -2.11. The molecule has 0 fully saturated rings. The van der Waals surface area contributed by atoms with Crippen molar-refractivity contribution in [1.82, 2.24) is 0 Å². The zero-order valence-corrected chi connectivity index (χ0v) is 12.6. The third kappa shape index (κ3) is 6.69. The summed E-state index contributed by atoms with van der Waals surface area (Å²) in [5, 5.41) is 0. The molecular weight excluding hydrogens is 279 g/mol. The van der Waals surface area contributed by atoms with Crippen LogP contribution in [-0.4, -0.2) is 9.58 Å². The maximum Gasteiger partial charge on any atom is 0.191 e. The molecule has 1 nitrogen and oxygen atoms in total. The van der Waals surface area contributed by atoms with E-state index in [-0.39, 0.29) is 11.3 Å². The van der Waals surface area contributed by atoms with Gasteiger partial charge in [-0.3, -0.25) is 4.79 Å². The number of hydrogen-bond donors (Lipinski definition) is 0. The Morgan fingerprint density at radius 3 is 2.59 bits per heavy atom. The Kier molecular flexibility index (Phi) is 5.37. The topological polar surface area (TPSA) is 17.1 Å². The second-order valence-electron chi connectivity index (χ2n) is 5.50. The van der Waals surface area contributed by atoms with E-state index in [0.717, 1.165) is 12.8 Å². The van der Waals surface area contributed by atoms with Crippen LogP contribution in [0.5, 0.6) is 0 Å². The molecule has 0 aromatic heterocycles. The van der Waals surface area contributed by atoms with Crippen LogP contribution in [0.3, 0.4) is 0 Å². The number of hydrogen-bond acceptors (Lipinski definition) is 1. The highest BCUT2D eigenvalue weighted by molar-refractivity contribution is 6.67. The molecule has 1 rings (SSSR count). The predicted octanol–water partition coefficient (Wildman–Crippen LogP) is 5.09. The highest BCUT2D eigenvalue weighted by Crippen LogP contribution is 2.37. The van der Waals surface area contributed by atoms with Crippen molar-refractivity contribution in [3.63, 3.8) is 0 Å². The summed E-state index contributed by atoms with van der Waals surface area (Å²) in [5.41, 5.74) is 0.0475. The minimum absolute atomic E-state index is 0.0475. The Bertz CT molecular complexity index is 302. The average molecular weight is 298 g/mol. The first-order valence-corrected chi connectivity index (χ1v) is 7.09. The monoisotopic (exact) mass is 296 g/mol. The fourth-order valence-electron chi connectivity index (χ4n) is 1.98. The molecule has 1 atom stereocenters. The van der Waals surface area contributed by atoms with Crippen molar-refractivity contribution in [2.24, 2.45) is 11.3 Å². The highest BCUT2D eigenvalue weighted by Gasteiger charge is 2.26. The van der Waals surface area contributed by atoms with Gasteiger partial charge in [-0.1, -0.05) is 60.8 Å². The minimum Gasteiger partial charge on any atom is -0.300 e. The van der Waals surface area contributed by atoms with E-state index in [9.17, 15) is 4.79 Å². The summed E-state index contributed by atoms with van der Waals surface area (Å²) < 4.78 is -1.24. The van der Waals surface area contributed by atoms with Gasteiger partial charge in [0.15, 0.2) is 3.79 Å². The van der Waals surface area contributed by atoms with Gasteiger partial charge in [0.25, 0.3) is 0 Å². The van der Waals surface area contributed by atoms with E-state index < -0.39 is 3.79 Å². The number of carbonyl (C=O) groups is 1. The van der Waals surface area contributed by atoms with Gasteiger partial charge in [-0.05, 0) is 24.2 Å². The largest absolute Gasteiger partial charge is 0.300 e. The van der Waals surface area contributed by atoms with E-state index in [0.29, 0.717) is 25.0 Å². The third-order valence-corrected chi connectivity index (χ3v) is 3.62. The van der Waals surface area contributed by atoms with Gasteiger partial charge < -0.3 is 0 Å². The quantitative estimate of drug-likeness (QED) is 0.487. The van der Waals surface area contributed by atoms with E-state index in [4.69, 9.17) is 34.8 Å². The molecule has 0 aromatic rings. The number of ketones is 1.